The van der Waals surface area contributed by atoms with E-state index in [0.717, 1.165) is 16.3 Å². The lowest BCUT2D eigenvalue weighted by atomic mass is 10.0. The molecular weight excluding hydrogens is 264 g/mol. The molecular formula is C17H10N2O2. The third-order valence-corrected chi connectivity index (χ3v) is 3.45. The number of aromatic nitrogens is 2. The monoisotopic (exact) mass is 274 g/mol. The molecule has 0 bridgehead atoms. The van der Waals surface area contributed by atoms with Gasteiger partial charge in [0.25, 0.3) is 0 Å². The van der Waals surface area contributed by atoms with Crippen molar-refractivity contribution in [3.63, 3.8) is 0 Å². The first kappa shape index (κ1) is 11.8. The van der Waals surface area contributed by atoms with Gasteiger partial charge in [0.1, 0.15) is 5.39 Å². The molecule has 0 radical (unpaired) electrons. The quantitative estimate of drug-likeness (QED) is 0.534. The summed E-state index contributed by atoms with van der Waals surface area (Å²) < 4.78 is 5.38. The standard InChI is InChI=1S/C17H10N2O2/c20-17-14-10-18-9-8-15(14)19-16(21-17)13-7-3-5-11-4-1-2-6-12(11)13/h1-10H. The molecule has 0 fully saturated rings. The number of benzene rings is 2. The van der Waals surface area contributed by atoms with Crippen LogP contribution in [0, 0.1) is 0 Å². The fraction of sp³-hybridized carbons (Fsp3) is 0. The van der Waals surface area contributed by atoms with Crippen molar-refractivity contribution in [3.8, 4) is 11.5 Å². The summed E-state index contributed by atoms with van der Waals surface area (Å²) in [7, 11) is 0. The number of nitrogens with zero attached hydrogens (tertiary/aromatic N) is 2. The summed E-state index contributed by atoms with van der Waals surface area (Å²) in [5.41, 5.74) is 0.976. The van der Waals surface area contributed by atoms with Gasteiger partial charge in [-0.3, -0.25) is 4.98 Å². The van der Waals surface area contributed by atoms with Gasteiger partial charge in [-0.15, -0.1) is 0 Å². The van der Waals surface area contributed by atoms with E-state index >= 15 is 0 Å². The van der Waals surface area contributed by atoms with Gasteiger partial charge < -0.3 is 4.42 Å². The maximum Gasteiger partial charge on any atom is 0.348 e. The molecule has 0 amide bonds. The van der Waals surface area contributed by atoms with Crippen LogP contribution in [0.2, 0.25) is 0 Å². The summed E-state index contributed by atoms with van der Waals surface area (Å²) in [6, 6.07) is 15.5. The van der Waals surface area contributed by atoms with E-state index in [1.165, 1.54) is 6.20 Å². The van der Waals surface area contributed by atoms with Gasteiger partial charge in [-0.1, -0.05) is 36.4 Å². The number of pyridine rings is 1. The molecule has 4 heteroatoms. The van der Waals surface area contributed by atoms with E-state index < -0.39 is 5.63 Å². The van der Waals surface area contributed by atoms with Crippen LogP contribution in [-0.4, -0.2) is 9.97 Å². The van der Waals surface area contributed by atoms with E-state index in [2.05, 4.69) is 9.97 Å². The number of rotatable bonds is 1. The minimum Gasteiger partial charge on any atom is -0.403 e. The summed E-state index contributed by atoms with van der Waals surface area (Å²) in [5, 5.41) is 2.47. The average Bonchev–Trinajstić information content (AvgIpc) is 2.54. The lowest BCUT2D eigenvalue weighted by Crippen LogP contribution is -2.03. The Bertz CT molecular complexity index is 1020. The third kappa shape index (κ3) is 1.89. The Balaban J connectivity index is 2.07. The SMILES string of the molecule is O=c1oc(-c2cccc3ccccc23)nc2ccncc12. The van der Waals surface area contributed by atoms with Gasteiger partial charge in [0.2, 0.25) is 5.89 Å². The summed E-state index contributed by atoms with van der Waals surface area (Å²) in [6.45, 7) is 0. The molecule has 2 heterocycles. The van der Waals surface area contributed by atoms with Crippen molar-refractivity contribution in [2.45, 2.75) is 0 Å². The molecule has 0 aliphatic carbocycles. The fourth-order valence-electron chi connectivity index (χ4n) is 2.44. The minimum atomic E-state index is -0.420. The van der Waals surface area contributed by atoms with Crippen LogP contribution in [0.4, 0.5) is 0 Å². The zero-order valence-corrected chi connectivity index (χ0v) is 11.0. The summed E-state index contributed by atoms with van der Waals surface area (Å²) in [5.74, 6) is 0.329. The molecule has 100 valence electrons. The molecule has 4 rings (SSSR count). The first-order valence-electron chi connectivity index (χ1n) is 6.56. The highest BCUT2D eigenvalue weighted by Crippen LogP contribution is 2.27. The highest BCUT2D eigenvalue weighted by Gasteiger charge is 2.10. The predicted octanol–water partition coefficient (Wildman–Crippen LogP) is 3.40. The maximum atomic E-state index is 12.1. The van der Waals surface area contributed by atoms with Crippen LogP contribution in [0.5, 0.6) is 0 Å². The first-order valence-corrected chi connectivity index (χ1v) is 6.56. The lowest BCUT2D eigenvalue weighted by molar-refractivity contribution is 0.518. The minimum absolute atomic E-state index is 0.329. The van der Waals surface area contributed by atoms with Crippen molar-refractivity contribution in [3.05, 3.63) is 71.3 Å². The maximum absolute atomic E-state index is 12.1. The second-order valence-electron chi connectivity index (χ2n) is 4.73. The molecule has 0 aliphatic heterocycles. The Morgan fingerprint density at radius 3 is 2.71 bits per heavy atom. The van der Waals surface area contributed by atoms with Crippen molar-refractivity contribution in [2.24, 2.45) is 0 Å². The number of hydrogen-bond donors (Lipinski definition) is 0. The van der Waals surface area contributed by atoms with Crippen LogP contribution >= 0.6 is 0 Å². The van der Waals surface area contributed by atoms with Crippen molar-refractivity contribution < 1.29 is 4.42 Å². The first-order chi connectivity index (χ1) is 10.3. The fourth-order valence-corrected chi connectivity index (χ4v) is 2.44. The van der Waals surface area contributed by atoms with Crippen LogP contribution in [0.1, 0.15) is 0 Å². The van der Waals surface area contributed by atoms with Gasteiger partial charge in [-0.05, 0) is 22.9 Å². The van der Waals surface area contributed by atoms with E-state index in [0.29, 0.717) is 16.8 Å². The van der Waals surface area contributed by atoms with Crippen LogP contribution in [0.3, 0.4) is 0 Å². The normalized spacial score (nSPS) is 11.0. The van der Waals surface area contributed by atoms with Gasteiger partial charge in [0, 0.05) is 18.0 Å². The van der Waals surface area contributed by atoms with E-state index in [4.69, 9.17) is 4.42 Å². The molecule has 0 N–H and O–H groups in total. The van der Waals surface area contributed by atoms with E-state index in [9.17, 15) is 4.79 Å². The van der Waals surface area contributed by atoms with Crippen LogP contribution < -0.4 is 5.63 Å². The van der Waals surface area contributed by atoms with Gasteiger partial charge >= 0.3 is 5.63 Å². The zero-order chi connectivity index (χ0) is 14.2. The average molecular weight is 274 g/mol. The lowest BCUT2D eigenvalue weighted by Gasteiger charge is -2.05. The van der Waals surface area contributed by atoms with E-state index in [1.54, 1.807) is 12.3 Å². The Hall–Kier alpha value is -3.01. The summed E-state index contributed by atoms with van der Waals surface area (Å²) in [4.78, 5) is 20.4. The third-order valence-electron chi connectivity index (χ3n) is 3.45. The highest BCUT2D eigenvalue weighted by atomic mass is 16.4. The van der Waals surface area contributed by atoms with Crippen molar-refractivity contribution in [2.75, 3.05) is 0 Å². The molecule has 2 aromatic heterocycles. The van der Waals surface area contributed by atoms with Gasteiger partial charge in [-0.25, -0.2) is 9.78 Å². The molecule has 0 saturated heterocycles. The molecule has 0 saturated carbocycles. The van der Waals surface area contributed by atoms with E-state index in [1.807, 2.05) is 42.5 Å². The smallest absolute Gasteiger partial charge is 0.348 e. The van der Waals surface area contributed by atoms with Crippen molar-refractivity contribution in [1.82, 2.24) is 9.97 Å². The molecule has 0 spiro atoms. The van der Waals surface area contributed by atoms with E-state index in [-0.39, 0.29) is 0 Å². The molecule has 0 atom stereocenters. The molecule has 2 aromatic carbocycles. The van der Waals surface area contributed by atoms with Gasteiger partial charge in [-0.2, -0.15) is 0 Å². The predicted molar refractivity (Wildman–Crippen MR) is 81.0 cm³/mol. The Morgan fingerprint density at radius 1 is 0.905 bits per heavy atom. The molecule has 4 aromatic rings. The Kier molecular flexibility index (Phi) is 2.54. The second kappa shape index (κ2) is 4.52. The largest absolute Gasteiger partial charge is 0.403 e. The topological polar surface area (TPSA) is 56.0 Å². The van der Waals surface area contributed by atoms with Gasteiger partial charge in [0.05, 0.1) is 5.52 Å². The molecule has 0 unspecified atom stereocenters. The summed E-state index contributed by atoms with van der Waals surface area (Å²) >= 11 is 0. The Morgan fingerprint density at radius 2 is 1.76 bits per heavy atom. The highest BCUT2D eigenvalue weighted by molar-refractivity contribution is 5.95. The molecule has 4 nitrogen and oxygen atoms in total. The van der Waals surface area contributed by atoms with Crippen molar-refractivity contribution >= 4 is 21.7 Å². The van der Waals surface area contributed by atoms with Crippen LogP contribution in [0.15, 0.2) is 70.1 Å². The van der Waals surface area contributed by atoms with Crippen molar-refractivity contribution in [1.29, 1.82) is 0 Å². The Labute approximate surface area is 119 Å². The summed E-state index contributed by atoms with van der Waals surface area (Å²) in [6.07, 6.45) is 3.09. The molecule has 21 heavy (non-hydrogen) atoms. The van der Waals surface area contributed by atoms with Gasteiger partial charge in [0.15, 0.2) is 0 Å². The zero-order valence-electron chi connectivity index (χ0n) is 11.0. The number of hydrogen-bond acceptors (Lipinski definition) is 4. The molecule has 0 aliphatic rings. The van der Waals surface area contributed by atoms with Crippen LogP contribution in [0.25, 0.3) is 33.1 Å². The second-order valence-corrected chi connectivity index (χ2v) is 4.73. The number of fused-ring (bicyclic) bond motifs is 2. The van der Waals surface area contributed by atoms with Crippen LogP contribution in [-0.2, 0) is 0 Å².